The van der Waals surface area contributed by atoms with Crippen LogP contribution in [-0.2, 0) is 11.3 Å². The topological polar surface area (TPSA) is 61.8 Å². The number of aliphatic imine (C=N–C) groups is 1. The summed E-state index contributed by atoms with van der Waals surface area (Å²) in [6.07, 6.45) is 4.08. The van der Waals surface area contributed by atoms with Crippen LogP contribution in [-0.4, -0.2) is 61.8 Å². The fourth-order valence-corrected chi connectivity index (χ4v) is 3.57. The number of guanidine groups is 1. The molecule has 1 aliphatic rings. The molecule has 0 saturated carbocycles. The van der Waals surface area contributed by atoms with Gasteiger partial charge in [0, 0.05) is 51.1 Å². The van der Waals surface area contributed by atoms with Gasteiger partial charge in [-0.05, 0) is 43.5 Å². The highest BCUT2D eigenvalue weighted by Crippen LogP contribution is 2.18. The van der Waals surface area contributed by atoms with Crippen LogP contribution >= 0.6 is 0 Å². The Morgan fingerprint density at radius 1 is 1.21 bits per heavy atom. The Kier molecular flexibility index (Phi) is 8.46. The van der Waals surface area contributed by atoms with Crippen LogP contribution in [0.25, 0.3) is 11.3 Å². The number of methoxy groups -OCH3 is 1. The van der Waals surface area contributed by atoms with Crippen molar-refractivity contribution in [3.63, 3.8) is 0 Å². The molecule has 1 aromatic carbocycles. The molecule has 0 amide bonds. The Labute approximate surface area is 174 Å². The SMILES string of the molecule is CCNC(=NCc1cccc(-c2ccccn2)c1)NC1CCN(CCOC)CC1. The molecule has 0 atom stereocenters. The van der Waals surface area contributed by atoms with Gasteiger partial charge < -0.3 is 20.3 Å². The van der Waals surface area contributed by atoms with Crippen LogP contribution < -0.4 is 10.6 Å². The fraction of sp³-hybridized carbons (Fsp3) is 0.478. The molecule has 0 aliphatic carbocycles. The lowest BCUT2D eigenvalue weighted by Gasteiger charge is -2.32. The molecule has 2 N–H and O–H groups in total. The minimum atomic E-state index is 0.464. The molecule has 2 heterocycles. The van der Waals surface area contributed by atoms with E-state index in [2.05, 4.69) is 51.7 Å². The summed E-state index contributed by atoms with van der Waals surface area (Å²) < 4.78 is 5.19. The van der Waals surface area contributed by atoms with E-state index in [1.54, 1.807) is 7.11 Å². The number of pyridine rings is 1. The van der Waals surface area contributed by atoms with Crippen molar-refractivity contribution in [3.8, 4) is 11.3 Å². The van der Waals surface area contributed by atoms with Gasteiger partial charge in [-0.2, -0.15) is 0 Å². The van der Waals surface area contributed by atoms with E-state index in [9.17, 15) is 0 Å². The van der Waals surface area contributed by atoms with Gasteiger partial charge in [0.1, 0.15) is 0 Å². The molecule has 0 bridgehead atoms. The second-order valence-electron chi connectivity index (χ2n) is 7.36. The molecule has 6 nitrogen and oxygen atoms in total. The molecule has 2 aromatic rings. The highest BCUT2D eigenvalue weighted by atomic mass is 16.5. The number of nitrogens with zero attached hydrogens (tertiary/aromatic N) is 3. The lowest BCUT2D eigenvalue weighted by Crippen LogP contribution is -2.49. The number of benzene rings is 1. The second kappa shape index (κ2) is 11.5. The number of aromatic nitrogens is 1. The largest absolute Gasteiger partial charge is 0.383 e. The molecular formula is C23H33N5O. The van der Waals surface area contributed by atoms with Gasteiger partial charge in [-0.1, -0.05) is 24.3 Å². The van der Waals surface area contributed by atoms with Crippen LogP contribution in [0.15, 0.2) is 53.7 Å². The summed E-state index contributed by atoms with van der Waals surface area (Å²) in [6.45, 7) is 7.63. The average Bonchev–Trinajstić information content (AvgIpc) is 2.78. The van der Waals surface area contributed by atoms with Crippen molar-refractivity contribution in [1.82, 2.24) is 20.5 Å². The summed E-state index contributed by atoms with van der Waals surface area (Å²) in [6, 6.07) is 14.9. The van der Waals surface area contributed by atoms with E-state index in [0.29, 0.717) is 12.6 Å². The molecule has 1 saturated heterocycles. The maximum absolute atomic E-state index is 5.19. The Morgan fingerprint density at radius 2 is 2.07 bits per heavy atom. The number of hydrogen-bond donors (Lipinski definition) is 2. The summed E-state index contributed by atoms with van der Waals surface area (Å²) in [7, 11) is 1.76. The summed E-state index contributed by atoms with van der Waals surface area (Å²) in [5.74, 6) is 0.895. The zero-order valence-corrected chi connectivity index (χ0v) is 17.6. The van der Waals surface area contributed by atoms with E-state index in [1.807, 2.05) is 24.4 Å². The predicted octanol–water partition coefficient (Wildman–Crippen LogP) is 2.91. The molecular weight excluding hydrogens is 362 g/mol. The fourth-order valence-electron chi connectivity index (χ4n) is 3.57. The Hall–Kier alpha value is -2.44. The molecule has 3 rings (SSSR count). The third-order valence-electron chi connectivity index (χ3n) is 5.19. The van der Waals surface area contributed by atoms with Crippen molar-refractivity contribution in [2.45, 2.75) is 32.4 Å². The van der Waals surface area contributed by atoms with Crippen molar-refractivity contribution >= 4 is 5.96 Å². The highest BCUT2D eigenvalue weighted by molar-refractivity contribution is 5.80. The molecule has 0 unspecified atom stereocenters. The minimum Gasteiger partial charge on any atom is -0.383 e. The van der Waals surface area contributed by atoms with Gasteiger partial charge in [-0.15, -0.1) is 0 Å². The van der Waals surface area contributed by atoms with Crippen LogP contribution in [0, 0.1) is 0 Å². The van der Waals surface area contributed by atoms with E-state index in [4.69, 9.17) is 9.73 Å². The lowest BCUT2D eigenvalue weighted by molar-refractivity contribution is 0.128. The van der Waals surface area contributed by atoms with Gasteiger partial charge in [0.25, 0.3) is 0 Å². The third-order valence-corrected chi connectivity index (χ3v) is 5.19. The number of ether oxygens (including phenoxy) is 1. The van der Waals surface area contributed by atoms with Crippen LogP contribution in [0.1, 0.15) is 25.3 Å². The molecule has 29 heavy (non-hydrogen) atoms. The zero-order chi connectivity index (χ0) is 20.3. The molecule has 0 spiro atoms. The third kappa shape index (κ3) is 6.84. The quantitative estimate of drug-likeness (QED) is 0.532. The number of rotatable bonds is 8. The first-order valence-electron chi connectivity index (χ1n) is 10.5. The monoisotopic (exact) mass is 395 g/mol. The molecule has 6 heteroatoms. The van der Waals surface area contributed by atoms with Gasteiger partial charge in [0.2, 0.25) is 0 Å². The minimum absolute atomic E-state index is 0.464. The molecule has 0 radical (unpaired) electrons. The van der Waals surface area contributed by atoms with Crippen molar-refractivity contribution in [3.05, 3.63) is 54.2 Å². The first-order chi connectivity index (χ1) is 14.3. The van der Waals surface area contributed by atoms with Gasteiger partial charge in [0.05, 0.1) is 18.8 Å². The summed E-state index contributed by atoms with van der Waals surface area (Å²) in [4.78, 5) is 11.7. The van der Waals surface area contributed by atoms with Gasteiger partial charge in [0.15, 0.2) is 5.96 Å². The smallest absolute Gasteiger partial charge is 0.191 e. The second-order valence-corrected chi connectivity index (χ2v) is 7.36. The van der Waals surface area contributed by atoms with Gasteiger partial charge >= 0.3 is 0 Å². The molecule has 1 aromatic heterocycles. The summed E-state index contributed by atoms with van der Waals surface area (Å²) in [5, 5.41) is 7.00. The first kappa shape index (κ1) is 21.3. The average molecular weight is 396 g/mol. The van der Waals surface area contributed by atoms with E-state index in [0.717, 1.165) is 62.8 Å². The number of nitrogens with one attached hydrogen (secondary N) is 2. The van der Waals surface area contributed by atoms with Crippen LogP contribution in [0.3, 0.4) is 0 Å². The Morgan fingerprint density at radius 3 is 2.79 bits per heavy atom. The highest BCUT2D eigenvalue weighted by Gasteiger charge is 2.19. The first-order valence-corrected chi connectivity index (χ1v) is 10.5. The summed E-state index contributed by atoms with van der Waals surface area (Å²) >= 11 is 0. The number of piperidine rings is 1. The van der Waals surface area contributed by atoms with Crippen LogP contribution in [0.5, 0.6) is 0 Å². The maximum Gasteiger partial charge on any atom is 0.191 e. The van der Waals surface area contributed by atoms with E-state index in [-0.39, 0.29) is 0 Å². The normalized spacial score (nSPS) is 16.0. The Bertz CT molecular complexity index is 757. The lowest BCUT2D eigenvalue weighted by atomic mass is 10.1. The number of likely N-dealkylation sites (tertiary alicyclic amines) is 1. The van der Waals surface area contributed by atoms with Crippen molar-refractivity contribution < 1.29 is 4.74 Å². The van der Waals surface area contributed by atoms with E-state index >= 15 is 0 Å². The molecule has 1 fully saturated rings. The number of hydrogen-bond acceptors (Lipinski definition) is 4. The predicted molar refractivity (Wildman–Crippen MR) is 119 cm³/mol. The standard InChI is InChI=1S/C23H33N5O/c1-3-24-23(27-21-10-13-28(14-11-21)15-16-29-2)26-18-19-7-6-8-20(17-19)22-9-4-5-12-25-22/h4-9,12,17,21H,3,10-11,13-16,18H2,1-2H3,(H2,24,26,27). The molecule has 156 valence electrons. The molecule has 1 aliphatic heterocycles. The van der Waals surface area contributed by atoms with Crippen molar-refractivity contribution in [2.24, 2.45) is 4.99 Å². The Balaban J connectivity index is 1.57. The van der Waals surface area contributed by atoms with Gasteiger partial charge in [-0.25, -0.2) is 4.99 Å². The summed E-state index contributed by atoms with van der Waals surface area (Å²) in [5.41, 5.74) is 3.29. The van der Waals surface area contributed by atoms with E-state index in [1.165, 1.54) is 5.56 Å². The van der Waals surface area contributed by atoms with E-state index < -0.39 is 0 Å². The van der Waals surface area contributed by atoms with Crippen LogP contribution in [0.4, 0.5) is 0 Å². The van der Waals surface area contributed by atoms with Crippen molar-refractivity contribution in [2.75, 3.05) is 39.9 Å². The van der Waals surface area contributed by atoms with Crippen molar-refractivity contribution in [1.29, 1.82) is 0 Å². The zero-order valence-electron chi connectivity index (χ0n) is 17.6. The maximum atomic E-state index is 5.19. The van der Waals surface area contributed by atoms with Crippen LogP contribution in [0.2, 0.25) is 0 Å². The van der Waals surface area contributed by atoms with Gasteiger partial charge in [-0.3, -0.25) is 4.98 Å².